The highest BCUT2D eigenvalue weighted by Crippen LogP contribution is 2.25. The summed E-state index contributed by atoms with van der Waals surface area (Å²) in [6.07, 6.45) is -4.57. The van der Waals surface area contributed by atoms with Crippen LogP contribution in [0.15, 0.2) is 0 Å². The molecule has 0 saturated heterocycles. The van der Waals surface area contributed by atoms with Gasteiger partial charge in [-0.1, -0.05) is 0 Å². The molecule has 3 N–H and O–H groups in total. The van der Waals surface area contributed by atoms with Crippen LogP contribution in [0.2, 0.25) is 0 Å². The Morgan fingerprint density at radius 3 is 2.44 bits per heavy atom. The Balaban J connectivity index is 4.38. The number of nitrogens with zero attached hydrogens (tertiary/aromatic N) is 1. The van der Waals surface area contributed by atoms with E-state index in [2.05, 4.69) is 5.32 Å². The molecule has 16 heavy (non-hydrogen) atoms. The lowest BCUT2D eigenvalue weighted by molar-refractivity contribution is -0.182. The van der Waals surface area contributed by atoms with Crippen molar-refractivity contribution >= 4 is 5.91 Å². The van der Waals surface area contributed by atoms with E-state index in [1.807, 2.05) is 0 Å². The first-order chi connectivity index (χ1) is 7.32. The van der Waals surface area contributed by atoms with Crippen molar-refractivity contribution < 1.29 is 18.0 Å². The highest BCUT2D eigenvalue weighted by molar-refractivity contribution is 5.77. The minimum atomic E-state index is -4.36. The predicted octanol–water partition coefficient (Wildman–Crippen LogP) is 0.334. The lowest BCUT2D eigenvalue weighted by Crippen LogP contribution is -2.48. The molecule has 1 amide bonds. The first-order valence-electron chi connectivity index (χ1n) is 5.06. The number of likely N-dealkylation sites (N-methyl/N-ethyl adjacent to an activating group) is 2. The number of carbonyl (C=O) groups is 1. The molecule has 0 aliphatic heterocycles. The van der Waals surface area contributed by atoms with E-state index in [-0.39, 0.29) is 19.5 Å². The maximum Gasteiger partial charge on any atom is 0.404 e. The van der Waals surface area contributed by atoms with Crippen molar-refractivity contribution in [1.29, 1.82) is 0 Å². The maximum absolute atomic E-state index is 12.6. The second kappa shape index (κ2) is 6.70. The fourth-order valence-corrected chi connectivity index (χ4v) is 1.38. The third kappa shape index (κ3) is 5.32. The number of nitrogens with one attached hydrogen (secondary N) is 1. The molecule has 4 nitrogen and oxygen atoms in total. The van der Waals surface area contributed by atoms with Gasteiger partial charge in [-0.05, 0) is 26.9 Å². The number of hydrogen-bond donors (Lipinski definition) is 2. The zero-order chi connectivity index (χ0) is 12.8. The van der Waals surface area contributed by atoms with Gasteiger partial charge in [-0.2, -0.15) is 13.2 Å². The van der Waals surface area contributed by atoms with E-state index in [1.165, 1.54) is 7.05 Å². The molecule has 0 aromatic heterocycles. The molecule has 0 aromatic carbocycles. The third-order valence-electron chi connectivity index (χ3n) is 2.12. The number of rotatable bonds is 6. The highest BCUT2D eigenvalue weighted by atomic mass is 19.4. The zero-order valence-electron chi connectivity index (χ0n) is 9.47. The molecular formula is C9H18F3N3O. The van der Waals surface area contributed by atoms with E-state index < -0.39 is 18.1 Å². The van der Waals surface area contributed by atoms with Crippen molar-refractivity contribution in [3.63, 3.8) is 0 Å². The normalized spacial score (nSPS) is 13.9. The molecule has 0 bridgehead atoms. The Morgan fingerprint density at radius 1 is 1.50 bits per heavy atom. The Labute approximate surface area is 93.0 Å². The number of alkyl halides is 3. The van der Waals surface area contributed by atoms with Crippen LogP contribution < -0.4 is 11.1 Å². The molecule has 0 fully saturated rings. The molecule has 0 rings (SSSR count). The van der Waals surface area contributed by atoms with Crippen LogP contribution in [-0.2, 0) is 4.79 Å². The van der Waals surface area contributed by atoms with Crippen LogP contribution in [0.4, 0.5) is 13.2 Å². The van der Waals surface area contributed by atoms with Crippen molar-refractivity contribution in [2.45, 2.75) is 25.6 Å². The van der Waals surface area contributed by atoms with E-state index >= 15 is 0 Å². The summed E-state index contributed by atoms with van der Waals surface area (Å²) in [4.78, 5) is 12.1. The van der Waals surface area contributed by atoms with E-state index in [0.29, 0.717) is 6.54 Å². The monoisotopic (exact) mass is 241 g/mol. The molecule has 7 heteroatoms. The smallest absolute Gasteiger partial charge is 0.355 e. The fourth-order valence-electron chi connectivity index (χ4n) is 1.38. The van der Waals surface area contributed by atoms with Crippen LogP contribution in [0.25, 0.3) is 0 Å². The van der Waals surface area contributed by atoms with Crippen LogP contribution in [0.1, 0.15) is 13.3 Å². The number of nitrogens with two attached hydrogens (primary N) is 1. The Morgan fingerprint density at radius 2 is 2.06 bits per heavy atom. The Hall–Kier alpha value is -0.820. The topological polar surface area (TPSA) is 58.4 Å². The van der Waals surface area contributed by atoms with Gasteiger partial charge in [0.1, 0.15) is 6.04 Å². The van der Waals surface area contributed by atoms with E-state index in [0.717, 1.165) is 4.90 Å². The van der Waals surface area contributed by atoms with Crippen LogP contribution in [0, 0.1) is 0 Å². The second-order valence-electron chi connectivity index (χ2n) is 3.50. The molecule has 0 radical (unpaired) electrons. The highest BCUT2D eigenvalue weighted by Gasteiger charge is 2.41. The molecule has 96 valence electrons. The predicted molar refractivity (Wildman–Crippen MR) is 54.8 cm³/mol. The average molecular weight is 241 g/mol. The van der Waals surface area contributed by atoms with Gasteiger partial charge in [0.15, 0.2) is 0 Å². The van der Waals surface area contributed by atoms with Gasteiger partial charge in [-0.15, -0.1) is 0 Å². The van der Waals surface area contributed by atoms with E-state index in [4.69, 9.17) is 5.73 Å². The van der Waals surface area contributed by atoms with Gasteiger partial charge in [-0.3, -0.25) is 9.69 Å². The fraction of sp³-hybridized carbons (Fsp3) is 0.889. The second-order valence-corrected chi connectivity index (χ2v) is 3.50. The van der Waals surface area contributed by atoms with Gasteiger partial charge >= 0.3 is 6.18 Å². The van der Waals surface area contributed by atoms with Gasteiger partial charge in [0.05, 0.1) is 6.54 Å². The number of amides is 1. The van der Waals surface area contributed by atoms with E-state index in [9.17, 15) is 18.0 Å². The molecule has 0 spiro atoms. The molecule has 1 unspecified atom stereocenters. The van der Waals surface area contributed by atoms with Crippen molar-refractivity contribution in [3.05, 3.63) is 0 Å². The molecule has 0 heterocycles. The van der Waals surface area contributed by atoms with Crippen LogP contribution in [0.5, 0.6) is 0 Å². The summed E-state index contributed by atoms with van der Waals surface area (Å²) in [7, 11) is 1.27. The largest absolute Gasteiger partial charge is 0.404 e. The van der Waals surface area contributed by atoms with Crippen LogP contribution >= 0.6 is 0 Å². The number of halogens is 3. The summed E-state index contributed by atoms with van der Waals surface area (Å²) >= 11 is 0. The minimum absolute atomic E-state index is 0.0656. The molecule has 0 aliphatic carbocycles. The molecular weight excluding hydrogens is 223 g/mol. The summed E-state index contributed by atoms with van der Waals surface area (Å²) in [6.45, 7) is 1.77. The van der Waals surface area contributed by atoms with Gasteiger partial charge in [0.25, 0.3) is 0 Å². The lowest BCUT2D eigenvalue weighted by Gasteiger charge is -2.28. The summed E-state index contributed by atoms with van der Waals surface area (Å²) in [5.41, 5.74) is 5.13. The summed E-state index contributed by atoms with van der Waals surface area (Å²) < 4.78 is 37.7. The maximum atomic E-state index is 12.6. The summed E-state index contributed by atoms with van der Waals surface area (Å²) in [5, 5.41) is 2.45. The van der Waals surface area contributed by atoms with E-state index in [1.54, 1.807) is 6.92 Å². The number of carbonyl (C=O) groups excluding carboxylic acids is 1. The third-order valence-corrected chi connectivity index (χ3v) is 2.12. The molecule has 1 atom stereocenters. The quantitative estimate of drug-likeness (QED) is 0.704. The summed E-state index contributed by atoms with van der Waals surface area (Å²) in [6, 6.07) is -1.67. The average Bonchev–Trinajstić information content (AvgIpc) is 2.12. The SMILES string of the molecule is CCNC(=O)CN(C)C(CCN)C(F)(F)F. The minimum Gasteiger partial charge on any atom is -0.355 e. The van der Waals surface area contributed by atoms with Crippen LogP contribution in [-0.4, -0.2) is 49.7 Å². The van der Waals surface area contributed by atoms with Gasteiger partial charge in [0.2, 0.25) is 5.91 Å². The standard InChI is InChI=1S/C9H18F3N3O/c1-3-14-8(16)6-15(2)7(4-5-13)9(10,11)12/h7H,3-6,13H2,1-2H3,(H,14,16). The first kappa shape index (κ1) is 15.2. The number of hydrogen-bond acceptors (Lipinski definition) is 3. The Bertz CT molecular complexity index is 221. The van der Waals surface area contributed by atoms with Gasteiger partial charge < -0.3 is 11.1 Å². The first-order valence-corrected chi connectivity index (χ1v) is 5.06. The molecule has 0 saturated carbocycles. The van der Waals surface area contributed by atoms with Crippen molar-refractivity contribution in [2.75, 3.05) is 26.7 Å². The summed E-state index contributed by atoms with van der Waals surface area (Å²) in [5.74, 6) is -0.420. The van der Waals surface area contributed by atoms with Crippen molar-refractivity contribution in [3.8, 4) is 0 Å². The molecule has 0 aromatic rings. The zero-order valence-corrected chi connectivity index (χ0v) is 9.47. The van der Waals surface area contributed by atoms with Crippen LogP contribution in [0.3, 0.4) is 0 Å². The lowest BCUT2D eigenvalue weighted by atomic mass is 10.1. The van der Waals surface area contributed by atoms with Gasteiger partial charge in [-0.25, -0.2) is 0 Å². The van der Waals surface area contributed by atoms with Crippen molar-refractivity contribution in [1.82, 2.24) is 10.2 Å². The van der Waals surface area contributed by atoms with Crippen molar-refractivity contribution in [2.24, 2.45) is 5.73 Å². The Kier molecular flexibility index (Phi) is 6.35. The molecule has 0 aliphatic rings. The van der Waals surface area contributed by atoms with Gasteiger partial charge in [0, 0.05) is 6.54 Å².